The van der Waals surface area contributed by atoms with Gasteiger partial charge in [0.05, 0.1) is 24.9 Å². The number of carbonyl (C=O) groups is 2. The summed E-state index contributed by atoms with van der Waals surface area (Å²) in [5.41, 5.74) is 2.95. The largest absolute Gasteiger partial charge is 0.465 e. The van der Waals surface area contributed by atoms with Crippen molar-refractivity contribution in [3.8, 4) is 0 Å². The molecule has 0 spiro atoms. The quantitative estimate of drug-likeness (QED) is 0.712. The van der Waals surface area contributed by atoms with Crippen LogP contribution in [-0.4, -0.2) is 57.5 Å². The molecule has 1 amide bonds. The maximum Gasteiger partial charge on any atom is 0.410 e. The van der Waals surface area contributed by atoms with Crippen LogP contribution in [0.3, 0.4) is 0 Å². The van der Waals surface area contributed by atoms with E-state index in [-0.39, 0.29) is 18.1 Å². The van der Waals surface area contributed by atoms with Gasteiger partial charge in [-0.1, -0.05) is 0 Å². The van der Waals surface area contributed by atoms with Crippen molar-refractivity contribution in [2.24, 2.45) is 0 Å². The average molecular weight is 415 g/mol. The van der Waals surface area contributed by atoms with Crippen molar-refractivity contribution in [1.29, 1.82) is 0 Å². The molecule has 0 aliphatic carbocycles. The summed E-state index contributed by atoms with van der Waals surface area (Å²) in [5.74, 6) is -0.369. The van der Waals surface area contributed by atoms with Gasteiger partial charge in [-0.15, -0.1) is 0 Å². The van der Waals surface area contributed by atoms with E-state index in [9.17, 15) is 9.59 Å². The number of piperidine rings is 1. The maximum absolute atomic E-state index is 12.3. The minimum Gasteiger partial charge on any atom is -0.465 e. The standard InChI is InChI=1S/C22H30N4O4/c1-15-16(12-17-13-23-9-6-19(17)20(27)29-5)14-24-26(15)18-7-10-25(11-8-18)21(28)30-22(2,3)4/h6,9,13-14,18H,7-8,10-12H2,1-5H3. The molecule has 0 aromatic carbocycles. The molecule has 1 aliphatic heterocycles. The van der Waals surface area contributed by atoms with Crippen LogP contribution in [0.1, 0.15) is 66.8 Å². The lowest BCUT2D eigenvalue weighted by molar-refractivity contribution is 0.0184. The first kappa shape index (κ1) is 21.8. The Morgan fingerprint density at radius 3 is 2.50 bits per heavy atom. The molecule has 1 aliphatic rings. The Kier molecular flexibility index (Phi) is 6.43. The molecule has 0 saturated carbocycles. The number of esters is 1. The Morgan fingerprint density at radius 2 is 1.87 bits per heavy atom. The number of aromatic nitrogens is 3. The molecule has 0 N–H and O–H groups in total. The third-order valence-electron chi connectivity index (χ3n) is 5.30. The molecular weight excluding hydrogens is 384 g/mol. The molecule has 0 bridgehead atoms. The van der Waals surface area contributed by atoms with Gasteiger partial charge in [-0.25, -0.2) is 9.59 Å². The topological polar surface area (TPSA) is 86.5 Å². The Labute approximate surface area is 177 Å². The number of nitrogens with zero attached hydrogens (tertiary/aromatic N) is 4. The fraction of sp³-hybridized carbons (Fsp3) is 0.545. The fourth-order valence-electron chi connectivity index (χ4n) is 3.70. The van der Waals surface area contributed by atoms with Gasteiger partial charge in [0.2, 0.25) is 0 Å². The highest BCUT2D eigenvalue weighted by Gasteiger charge is 2.28. The van der Waals surface area contributed by atoms with E-state index in [1.165, 1.54) is 7.11 Å². The van der Waals surface area contributed by atoms with Gasteiger partial charge in [0, 0.05) is 37.6 Å². The van der Waals surface area contributed by atoms with Crippen LogP contribution in [0.25, 0.3) is 0 Å². The van der Waals surface area contributed by atoms with E-state index in [0.29, 0.717) is 25.1 Å². The van der Waals surface area contributed by atoms with Crippen molar-refractivity contribution in [3.63, 3.8) is 0 Å². The van der Waals surface area contributed by atoms with Crippen molar-refractivity contribution in [2.45, 2.75) is 58.6 Å². The summed E-state index contributed by atoms with van der Waals surface area (Å²) in [6.07, 6.45) is 7.08. The van der Waals surface area contributed by atoms with Crippen LogP contribution < -0.4 is 0 Å². The first-order valence-electron chi connectivity index (χ1n) is 10.2. The second-order valence-electron chi connectivity index (χ2n) is 8.60. The summed E-state index contributed by atoms with van der Waals surface area (Å²) in [5, 5.41) is 4.60. The van der Waals surface area contributed by atoms with Crippen molar-refractivity contribution in [1.82, 2.24) is 19.7 Å². The van der Waals surface area contributed by atoms with Gasteiger partial charge in [-0.05, 0) is 57.7 Å². The number of rotatable bonds is 4. The van der Waals surface area contributed by atoms with Crippen molar-refractivity contribution in [3.05, 3.63) is 47.0 Å². The zero-order valence-electron chi connectivity index (χ0n) is 18.3. The number of hydrogen-bond donors (Lipinski definition) is 0. The number of carbonyl (C=O) groups excluding carboxylic acids is 2. The van der Waals surface area contributed by atoms with Crippen molar-refractivity contribution >= 4 is 12.1 Å². The van der Waals surface area contributed by atoms with Crippen LogP contribution in [0.2, 0.25) is 0 Å². The lowest BCUT2D eigenvalue weighted by Crippen LogP contribution is -2.42. The van der Waals surface area contributed by atoms with E-state index in [1.54, 1.807) is 23.4 Å². The van der Waals surface area contributed by atoms with Crippen LogP contribution in [0.5, 0.6) is 0 Å². The van der Waals surface area contributed by atoms with E-state index in [2.05, 4.69) is 10.1 Å². The van der Waals surface area contributed by atoms with Gasteiger partial charge in [0.1, 0.15) is 5.60 Å². The highest BCUT2D eigenvalue weighted by Crippen LogP contribution is 2.27. The number of methoxy groups -OCH3 is 1. The summed E-state index contributed by atoms with van der Waals surface area (Å²) in [6.45, 7) is 8.95. The zero-order chi connectivity index (χ0) is 21.9. The zero-order valence-corrected chi connectivity index (χ0v) is 18.3. The Bertz CT molecular complexity index is 908. The lowest BCUT2D eigenvalue weighted by Gasteiger charge is -2.34. The average Bonchev–Trinajstić information content (AvgIpc) is 3.07. The summed E-state index contributed by atoms with van der Waals surface area (Å²) in [7, 11) is 1.37. The molecule has 162 valence electrons. The molecular formula is C22H30N4O4. The van der Waals surface area contributed by atoms with Crippen LogP contribution in [-0.2, 0) is 15.9 Å². The van der Waals surface area contributed by atoms with Crippen LogP contribution >= 0.6 is 0 Å². The fourth-order valence-corrected chi connectivity index (χ4v) is 3.70. The lowest BCUT2D eigenvalue weighted by atomic mass is 10.0. The first-order valence-corrected chi connectivity index (χ1v) is 10.2. The van der Waals surface area contributed by atoms with Crippen LogP contribution in [0.15, 0.2) is 24.7 Å². The summed E-state index contributed by atoms with van der Waals surface area (Å²) in [4.78, 5) is 30.2. The molecule has 3 rings (SSSR count). The van der Waals surface area contributed by atoms with E-state index < -0.39 is 5.60 Å². The van der Waals surface area contributed by atoms with Gasteiger partial charge in [-0.3, -0.25) is 9.67 Å². The van der Waals surface area contributed by atoms with Crippen molar-refractivity contribution in [2.75, 3.05) is 20.2 Å². The van der Waals surface area contributed by atoms with E-state index in [1.807, 2.05) is 38.6 Å². The maximum atomic E-state index is 12.3. The van der Waals surface area contributed by atoms with Gasteiger partial charge in [0.15, 0.2) is 0 Å². The van der Waals surface area contributed by atoms with Gasteiger partial charge in [-0.2, -0.15) is 5.10 Å². The second kappa shape index (κ2) is 8.85. The number of likely N-dealkylation sites (tertiary alicyclic amines) is 1. The smallest absolute Gasteiger partial charge is 0.410 e. The third kappa shape index (κ3) is 4.98. The third-order valence-corrected chi connectivity index (χ3v) is 5.30. The molecule has 0 atom stereocenters. The van der Waals surface area contributed by atoms with Crippen molar-refractivity contribution < 1.29 is 19.1 Å². The first-order chi connectivity index (χ1) is 14.2. The van der Waals surface area contributed by atoms with E-state index in [0.717, 1.165) is 29.7 Å². The molecule has 30 heavy (non-hydrogen) atoms. The molecule has 1 saturated heterocycles. The predicted octanol–water partition coefficient (Wildman–Crippen LogP) is 3.54. The molecule has 0 unspecified atom stereocenters. The number of hydrogen-bond acceptors (Lipinski definition) is 6. The number of pyridine rings is 1. The molecule has 8 heteroatoms. The van der Waals surface area contributed by atoms with Gasteiger partial charge in [0.25, 0.3) is 0 Å². The summed E-state index contributed by atoms with van der Waals surface area (Å²) in [6, 6.07) is 1.90. The summed E-state index contributed by atoms with van der Waals surface area (Å²) >= 11 is 0. The SMILES string of the molecule is COC(=O)c1ccncc1Cc1cnn(C2CCN(C(=O)OC(C)(C)C)CC2)c1C. The second-order valence-corrected chi connectivity index (χ2v) is 8.60. The highest BCUT2D eigenvalue weighted by molar-refractivity contribution is 5.90. The molecule has 1 fully saturated rings. The molecule has 2 aromatic heterocycles. The van der Waals surface area contributed by atoms with E-state index >= 15 is 0 Å². The molecule has 8 nitrogen and oxygen atoms in total. The van der Waals surface area contributed by atoms with Crippen LogP contribution in [0, 0.1) is 6.92 Å². The molecule has 2 aromatic rings. The van der Waals surface area contributed by atoms with Crippen LogP contribution in [0.4, 0.5) is 4.79 Å². The molecule has 0 radical (unpaired) electrons. The number of amides is 1. The molecule has 3 heterocycles. The highest BCUT2D eigenvalue weighted by atomic mass is 16.6. The van der Waals surface area contributed by atoms with E-state index in [4.69, 9.17) is 9.47 Å². The number of ether oxygens (including phenoxy) is 2. The minimum atomic E-state index is -0.489. The van der Waals surface area contributed by atoms with Gasteiger partial charge >= 0.3 is 12.1 Å². The predicted molar refractivity (Wildman–Crippen MR) is 111 cm³/mol. The Hall–Kier alpha value is -2.90. The van der Waals surface area contributed by atoms with Gasteiger partial charge < -0.3 is 14.4 Å². The minimum absolute atomic E-state index is 0.228. The Morgan fingerprint density at radius 1 is 1.17 bits per heavy atom. The Balaban J connectivity index is 1.67. The summed E-state index contributed by atoms with van der Waals surface area (Å²) < 4.78 is 12.4. The normalized spacial score (nSPS) is 15.2. The monoisotopic (exact) mass is 414 g/mol.